The molecule has 1 atom stereocenters. The zero-order valence-electron chi connectivity index (χ0n) is 11.9. The fourth-order valence-corrected chi connectivity index (χ4v) is 1.84. The highest BCUT2D eigenvalue weighted by Crippen LogP contribution is 2.12. The van der Waals surface area contributed by atoms with Gasteiger partial charge < -0.3 is 10.2 Å². The highest BCUT2D eigenvalue weighted by atomic mass is 15.1. The van der Waals surface area contributed by atoms with Gasteiger partial charge in [-0.1, -0.05) is 18.2 Å². The lowest BCUT2D eigenvalue weighted by molar-refractivity contribution is 0.365. The molecule has 0 spiro atoms. The Balaban J connectivity index is 2.42. The fraction of sp³-hybridized carbons (Fsp3) is 0.600. The Morgan fingerprint density at radius 2 is 1.94 bits per heavy atom. The van der Waals surface area contributed by atoms with E-state index in [2.05, 4.69) is 63.3 Å². The Bertz CT molecular complexity index is 345. The van der Waals surface area contributed by atoms with Crippen molar-refractivity contribution in [1.29, 1.82) is 0 Å². The Kier molecular flexibility index (Phi) is 5.66. The average Bonchev–Trinajstić information content (AvgIpc) is 2.28. The van der Waals surface area contributed by atoms with E-state index in [-0.39, 0.29) is 0 Å². The van der Waals surface area contributed by atoms with E-state index in [0.717, 1.165) is 13.1 Å². The van der Waals surface area contributed by atoms with E-state index in [1.54, 1.807) is 0 Å². The molecule has 1 N–H and O–H groups in total. The third kappa shape index (κ3) is 4.88. The van der Waals surface area contributed by atoms with Crippen LogP contribution in [0.5, 0.6) is 0 Å². The van der Waals surface area contributed by atoms with E-state index >= 15 is 0 Å². The number of benzene rings is 1. The van der Waals surface area contributed by atoms with E-state index in [4.69, 9.17) is 0 Å². The van der Waals surface area contributed by atoms with Gasteiger partial charge in [0.15, 0.2) is 0 Å². The Labute approximate surface area is 106 Å². The molecule has 0 aliphatic rings. The highest BCUT2D eigenvalue weighted by molar-refractivity contribution is 5.32. The van der Waals surface area contributed by atoms with Crippen molar-refractivity contribution in [2.24, 2.45) is 0 Å². The summed E-state index contributed by atoms with van der Waals surface area (Å²) < 4.78 is 0. The molecule has 0 amide bonds. The predicted octanol–water partition coefficient (Wildman–Crippen LogP) is 2.73. The molecule has 17 heavy (non-hydrogen) atoms. The van der Waals surface area contributed by atoms with Crippen molar-refractivity contribution in [3.63, 3.8) is 0 Å². The summed E-state index contributed by atoms with van der Waals surface area (Å²) >= 11 is 0. The van der Waals surface area contributed by atoms with Crippen molar-refractivity contribution in [1.82, 2.24) is 10.2 Å². The van der Waals surface area contributed by atoms with E-state index in [1.807, 2.05) is 0 Å². The monoisotopic (exact) mass is 234 g/mol. The van der Waals surface area contributed by atoms with Crippen LogP contribution in [-0.2, 0) is 6.54 Å². The van der Waals surface area contributed by atoms with E-state index in [1.165, 1.54) is 23.1 Å². The molecule has 0 aliphatic carbocycles. The summed E-state index contributed by atoms with van der Waals surface area (Å²) in [5.41, 5.74) is 4.21. The summed E-state index contributed by atoms with van der Waals surface area (Å²) in [6.45, 7) is 8.75. The minimum atomic E-state index is 0.567. The lowest BCUT2D eigenvalue weighted by Crippen LogP contribution is -2.29. The second-order valence-corrected chi connectivity index (χ2v) is 5.23. The maximum Gasteiger partial charge on any atom is 0.0210 e. The van der Waals surface area contributed by atoms with Gasteiger partial charge in [0.1, 0.15) is 0 Å². The van der Waals surface area contributed by atoms with E-state index in [9.17, 15) is 0 Å². The minimum Gasteiger partial charge on any atom is -0.310 e. The number of nitrogens with one attached hydrogen (secondary N) is 1. The van der Waals surface area contributed by atoms with Crippen LogP contribution in [0, 0.1) is 13.8 Å². The van der Waals surface area contributed by atoms with Gasteiger partial charge in [-0.05, 0) is 64.5 Å². The van der Waals surface area contributed by atoms with E-state index < -0.39 is 0 Å². The zero-order chi connectivity index (χ0) is 12.8. The van der Waals surface area contributed by atoms with Gasteiger partial charge in [0.2, 0.25) is 0 Å². The number of hydrogen-bond donors (Lipinski definition) is 1. The molecule has 0 saturated carbocycles. The van der Waals surface area contributed by atoms with Crippen LogP contribution in [0.4, 0.5) is 0 Å². The molecule has 1 rings (SSSR count). The maximum absolute atomic E-state index is 3.60. The number of rotatable bonds is 6. The molecule has 0 bridgehead atoms. The van der Waals surface area contributed by atoms with Crippen molar-refractivity contribution in [2.75, 3.05) is 20.6 Å². The van der Waals surface area contributed by atoms with Gasteiger partial charge in [0.25, 0.3) is 0 Å². The second kappa shape index (κ2) is 6.77. The molecule has 2 nitrogen and oxygen atoms in total. The topological polar surface area (TPSA) is 15.3 Å². The molecule has 96 valence electrons. The minimum absolute atomic E-state index is 0.567. The summed E-state index contributed by atoms with van der Waals surface area (Å²) in [5.74, 6) is 0. The smallest absolute Gasteiger partial charge is 0.0210 e. The number of nitrogens with zero attached hydrogens (tertiary/aromatic N) is 1. The molecule has 2 heteroatoms. The maximum atomic E-state index is 3.60. The van der Waals surface area contributed by atoms with Crippen molar-refractivity contribution in [3.8, 4) is 0 Å². The van der Waals surface area contributed by atoms with Crippen LogP contribution in [0.2, 0.25) is 0 Å². The Morgan fingerprint density at radius 1 is 1.24 bits per heavy atom. The molecule has 0 saturated heterocycles. The van der Waals surface area contributed by atoms with Crippen molar-refractivity contribution >= 4 is 0 Å². The molecular weight excluding hydrogens is 208 g/mol. The Morgan fingerprint density at radius 3 is 2.59 bits per heavy atom. The van der Waals surface area contributed by atoms with Crippen LogP contribution in [0.3, 0.4) is 0 Å². The fourth-order valence-electron chi connectivity index (χ4n) is 1.84. The number of hydrogen-bond acceptors (Lipinski definition) is 2. The highest BCUT2D eigenvalue weighted by Gasteiger charge is 2.04. The van der Waals surface area contributed by atoms with Crippen LogP contribution in [0.1, 0.15) is 30.0 Å². The normalized spacial score (nSPS) is 13.1. The summed E-state index contributed by atoms with van der Waals surface area (Å²) in [6.07, 6.45) is 1.19. The molecule has 0 fully saturated rings. The summed E-state index contributed by atoms with van der Waals surface area (Å²) in [7, 11) is 4.24. The summed E-state index contributed by atoms with van der Waals surface area (Å²) in [4.78, 5) is 2.23. The zero-order valence-corrected chi connectivity index (χ0v) is 11.9. The van der Waals surface area contributed by atoms with Crippen LogP contribution in [0.25, 0.3) is 0 Å². The van der Waals surface area contributed by atoms with Crippen LogP contribution >= 0.6 is 0 Å². The molecule has 1 unspecified atom stereocenters. The largest absolute Gasteiger partial charge is 0.310 e. The SMILES string of the molecule is Cc1cccc(CNC(C)CCN(C)C)c1C. The first kappa shape index (κ1) is 14.2. The third-order valence-electron chi connectivity index (χ3n) is 3.37. The van der Waals surface area contributed by atoms with Crippen molar-refractivity contribution in [2.45, 2.75) is 39.8 Å². The van der Waals surface area contributed by atoms with Crippen molar-refractivity contribution in [3.05, 3.63) is 34.9 Å². The third-order valence-corrected chi connectivity index (χ3v) is 3.37. The molecule has 0 aromatic heterocycles. The molecule has 0 aliphatic heterocycles. The molecule has 0 radical (unpaired) electrons. The van der Waals surface area contributed by atoms with Crippen LogP contribution in [0.15, 0.2) is 18.2 Å². The first-order valence-corrected chi connectivity index (χ1v) is 6.44. The molecule has 1 aromatic rings. The summed E-state index contributed by atoms with van der Waals surface area (Å²) in [6, 6.07) is 7.10. The van der Waals surface area contributed by atoms with Gasteiger partial charge in [0.05, 0.1) is 0 Å². The average molecular weight is 234 g/mol. The first-order chi connectivity index (χ1) is 8.00. The van der Waals surface area contributed by atoms with E-state index in [0.29, 0.717) is 6.04 Å². The van der Waals surface area contributed by atoms with Crippen molar-refractivity contribution < 1.29 is 0 Å². The second-order valence-electron chi connectivity index (χ2n) is 5.23. The molecule has 1 aromatic carbocycles. The summed E-state index contributed by atoms with van der Waals surface area (Å²) in [5, 5.41) is 3.60. The first-order valence-electron chi connectivity index (χ1n) is 6.44. The lowest BCUT2D eigenvalue weighted by Gasteiger charge is -2.17. The number of aryl methyl sites for hydroxylation is 1. The predicted molar refractivity (Wildman–Crippen MR) is 75.4 cm³/mol. The molecular formula is C15H26N2. The Hall–Kier alpha value is -0.860. The quantitative estimate of drug-likeness (QED) is 0.814. The van der Waals surface area contributed by atoms with Crippen LogP contribution < -0.4 is 5.32 Å². The standard InChI is InChI=1S/C15H26N2/c1-12-7-6-8-15(14(12)3)11-16-13(2)9-10-17(4)5/h6-8,13,16H,9-11H2,1-5H3. The van der Waals surface area contributed by atoms with Gasteiger partial charge in [-0.3, -0.25) is 0 Å². The van der Waals surface area contributed by atoms with Gasteiger partial charge >= 0.3 is 0 Å². The van der Waals surface area contributed by atoms with Crippen LogP contribution in [-0.4, -0.2) is 31.6 Å². The molecule has 0 heterocycles. The van der Waals surface area contributed by atoms with Gasteiger partial charge in [-0.2, -0.15) is 0 Å². The lowest BCUT2D eigenvalue weighted by atomic mass is 10.0. The van der Waals surface area contributed by atoms with Gasteiger partial charge in [-0.25, -0.2) is 0 Å². The van der Waals surface area contributed by atoms with Gasteiger partial charge in [-0.15, -0.1) is 0 Å². The van der Waals surface area contributed by atoms with Gasteiger partial charge in [0, 0.05) is 12.6 Å².